The molecule has 1 saturated heterocycles. The van der Waals surface area contributed by atoms with Gasteiger partial charge in [0.15, 0.2) is 0 Å². The Bertz CT molecular complexity index is 578. The molecule has 1 fully saturated rings. The zero-order valence-corrected chi connectivity index (χ0v) is 11.0. The van der Waals surface area contributed by atoms with Gasteiger partial charge in [0.1, 0.15) is 0 Å². The molecule has 18 heavy (non-hydrogen) atoms. The lowest BCUT2D eigenvalue weighted by Crippen LogP contribution is -2.24. The number of benzene rings is 1. The molecule has 2 heterocycles. The summed E-state index contributed by atoms with van der Waals surface area (Å²) in [5, 5.41) is 1.21. The molecule has 3 rings (SSSR count). The molecule has 1 aromatic carbocycles. The predicted octanol–water partition coefficient (Wildman–Crippen LogP) is 2.45. The van der Waals surface area contributed by atoms with Crippen molar-refractivity contribution in [2.45, 2.75) is 13.0 Å². The summed E-state index contributed by atoms with van der Waals surface area (Å²) in [4.78, 5) is 17.1. The lowest BCUT2D eigenvalue weighted by atomic mass is 10.1. The van der Waals surface area contributed by atoms with Crippen LogP contribution < -0.4 is 0 Å². The van der Waals surface area contributed by atoms with Gasteiger partial charge in [-0.05, 0) is 29.4 Å². The van der Waals surface area contributed by atoms with E-state index in [0.717, 1.165) is 17.8 Å². The van der Waals surface area contributed by atoms with Gasteiger partial charge in [-0.25, -0.2) is 0 Å². The summed E-state index contributed by atoms with van der Waals surface area (Å²) >= 11 is 4.29. The number of nitrogens with zero attached hydrogens (tertiary/aromatic N) is 1. The number of carbonyl (C=O) groups excluding carboxylic acids is 1. The first-order valence-electron chi connectivity index (χ1n) is 6.21. The minimum absolute atomic E-state index is 0.251. The van der Waals surface area contributed by atoms with Crippen LogP contribution in [-0.2, 0) is 11.3 Å². The number of carbonyl (C=O) groups is 1. The minimum Gasteiger partial charge on any atom is -0.361 e. The second-order valence-corrected chi connectivity index (χ2v) is 5.25. The Balaban J connectivity index is 1.84. The third-order valence-electron chi connectivity index (χ3n) is 3.60. The number of fused-ring (bicyclic) bond motifs is 1. The maximum absolute atomic E-state index is 11.9. The summed E-state index contributed by atoms with van der Waals surface area (Å²) in [7, 11) is 0. The fourth-order valence-electron chi connectivity index (χ4n) is 2.62. The average Bonchev–Trinajstić information content (AvgIpc) is 2.97. The van der Waals surface area contributed by atoms with Crippen LogP contribution in [-0.4, -0.2) is 28.1 Å². The maximum atomic E-state index is 11.9. The van der Waals surface area contributed by atoms with Gasteiger partial charge in [0, 0.05) is 36.6 Å². The summed E-state index contributed by atoms with van der Waals surface area (Å²) in [6.45, 7) is 1.54. The van der Waals surface area contributed by atoms with Crippen LogP contribution >= 0.6 is 12.6 Å². The number of rotatable bonds is 3. The number of H-pyrrole nitrogens is 1. The van der Waals surface area contributed by atoms with Crippen molar-refractivity contribution in [2.24, 2.45) is 5.92 Å². The highest BCUT2D eigenvalue weighted by molar-refractivity contribution is 7.80. The van der Waals surface area contributed by atoms with Crippen molar-refractivity contribution in [1.82, 2.24) is 9.88 Å². The third kappa shape index (κ3) is 2.01. The van der Waals surface area contributed by atoms with E-state index in [0.29, 0.717) is 18.9 Å². The van der Waals surface area contributed by atoms with E-state index >= 15 is 0 Å². The Morgan fingerprint density at radius 3 is 3.06 bits per heavy atom. The van der Waals surface area contributed by atoms with E-state index in [1.165, 1.54) is 10.9 Å². The summed E-state index contributed by atoms with van der Waals surface area (Å²) < 4.78 is 0. The smallest absolute Gasteiger partial charge is 0.223 e. The van der Waals surface area contributed by atoms with Crippen molar-refractivity contribution >= 4 is 29.4 Å². The Morgan fingerprint density at radius 2 is 2.28 bits per heavy atom. The standard InChI is InChI=1S/C14H16N2OS/c17-14-6-10(9-18)7-16(14)8-11-2-1-3-13-12(11)4-5-15-13/h1-5,10,15,18H,6-9H2. The monoisotopic (exact) mass is 260 g/mol. The van der Waals surface area contributed by atoms with E-state index in [9.17, 15) is 4.79 Å². The van der Waals surface area contributed by atoms with Crippen LogP contribution in [0.25, 0.3) is 10.9 Å². The minimum atomic E-state index is 0.251. The molecule has 1 aliphatic heterocycles. The van der Waals surface area contributed by atoms with Crippen LogP contribution in [0.15, 0.2) is 30.5 Å². The number of aromatic nitrogens is 1. The Kier molecular flexibility index (Phi) is 3.04. The first-order valence-corrected chi connectivity index (χ1v) is 6.85. The molecule has 1 aliphatic rings. The molecule has 0 spiro atoms. The number of amides is 1. The van der Waals surface area contributed by atoms with Crippen LogP contribution in [0.1, 0.15) is 12.0 Å². The third-order valence-corrected chi connectivity index (χ3v) is 4.12. The molecule has 0 bridgehead atoms. The number of thiol groups is 1. The summed E-state index contributed by atoms with van der Waals surface area (Å²) in [6, 6.07) is 8.25. The van der Waals surface area contributed by atoms with Crippen molar-refractivity contribution in [1.29, 1.82) is 0 Å². The summed E-state index contributed by atoms with van der Waals surface area (Å²) in [6.07, 6.45) is 2.59. The molecule has 1 N–H and O–H groups in total. The topological polar surface area (TPSA) is 36.1 Å². The van der Waals surface area contributed by atoms with Crippen molar-refractivity contribution < 1.29 is 4.79 Å². The van der Waals surface area contributed by atoms with Gasteiger partial charge in [0.2, 0.25) is 5.91 Å². The van der Waals surface area contributed by atoms with Gasteiger partial charge in [0.05, 0.1) is 0 Å². The van der Waals surface area contributed by atoms with Crippen molar-refractivity contribution in [3.8, 4) is 0 Å². The number of aromatic amines is 1. The highest BCUT2D eigenvalue weighted by Gasteiger charge is 2.28. The van der Waals surface area contributed by atoms with Gasteiger partial charge >= 0.3 is 0 Å². The van der Waals surface area contributed by atoms with Crippen LogP contribution in [0.5, 0.6) is 0 Å². The van der Waals surface area contributed by atoms with Crippen LogP contribution in [0.4, 0.5) is 0 Å². The lowest BCUT2D eigenvalue weighted by molar-refractivity contribution is -0.128. The molecule has 2 aromatic rings. The van der Waals surface area contributed by atoms with Crippen molar-refractivity contribution in [2.75, 3.05) is 12.3 Å². The van der Waals surface area contributed by atoms with Crippen molar-refractivity contribution in [3.63, 3.8) is 0 Å². The molecule has 0 radical (unpaired) electrons. The fraction of sp³-hybridized carbons (Fsp3) is 0.357. The maximum Gasteiger partial charge on any atom is 0.223 e. The van der Waals surface area contributed by atoms with Crippen LogP contribution in [0.3, 0.4) is 0 Å². The van der Waals surface area contributed by atoms with E-state index in [2.05, 4.69) is 35.8 Å². The highest BCUT2D eigenvalue weighted by atomic mass is 32.1. The summed E-state index contributed by atoms with van der Waals surface area (Å²) in [5.41, 5.74) is 2.34. The molecule has 0 aliphatic carbocycles. The SMILES string of the molecule is O=C1CC(CS)CN1Cc1cccc2[nH]ccc12. The first-order chi connectivity index (χ1) is 8.78. The molecule has 4 heteroatoms. The number of likely N-dealkylation sites (tertiary alicyclic amines) is 1. The molecule has 1 aromatic heterocycles. The lowest BCUT2D eigenvalue weighted by Gasteiger charge is -2.17. The van der Waals surface area contributed by atoms with E-state index in [-0.39, 0.29) is 5.91 Å². The number of nitrogens with one attached hydrogen (secondary N) is 1. The second kappa shape index (κ2) is 4.69. The Hall–Kier alpha value is -1.42. The molecule has 1 unspecified atom stereocenters. The average molecular weight is 260 g/mol. The van der Waals surface area contributed by atoms with Crippen molar-refractivity contribution in [3.05, 3.63) is 36.0 Å². The largest absolute Gasteiger partial charge is 0.361 e. The molecular weight excluding hydrogens is 244 g/mol. The van der Waals surface area contributed by atoms with E-state index in [1.54, 1.807) is 0 Å². The molecule has 94 valence electrons. The second-order valence-electron chi connectivity index (χ2n) is 4.88. The molecule has 1 amide bonds. The molecule has 1 atom stereocenters. The van der Waals surface area contributed by atoms with Gasteiger partial charge in [-0.1, -0.05) is 12.1 Å². The zero-order chi connectivity index (χ0) is 12.5. The fourth-order valence-corrected chi connectivity index (χ4v) is 2.87. The molecule has 0 saturated carbocycles. The summed E-state index contributed by atoms with van der Waals surface area (Å²) in [5.74, 6) is 1.45. The van der Waals surface area contributed by atoms with E-state index in [4.69, 9.17) is 0 Å². The van der Waals surface area contributed by atoms with Gasteiger partial charge in [-0.2, -0.15) is 12.6 Å². The van der Waals surface area contributed by atoms with Gasteiger partial charge in [0.25, 0.3) is 0 Å². The van der Waals surface area contributed by atoms with Crippen LogP contribution in [0, 0.1) is 5.92 Å². The Morgan fingerprint density at radius 1 is 1.39 bits per heavy atom. The number of hydrogen-bond acceptors (Lipinski definition) is 2. The highest BCUT2D eigenvalue weighted by Crippen LogP contribution is 2.24. The zero-order valence-electron chi connectivity index (χ0n) is 10.1. The Labute approximate surface area is 112 Å². The van der Waals surface area contributed by atoms with Crippen LogP contribution in [0.2, 0.25) is 0 Å². The van der Waals surface area contributed by atoms with Gasteiger partial charge in [-0.3, -0.25) is 4.79 Å². The van der Waals surface area contributed by atoms with Gasteiger partial charge < -0.3 is 9.88 Å². The quantitative estimate of drug-likeness (QED) is 0.817. The first kappa shape index (κ1) is 11.7. The predicted molar refractivity (Wildman–Crippen MR) is 75.7 cm³/mol. The van der Waals surface area contributed by atoms with E-state index in [1.807, 2.05) is 17.2 Å². The molecular formula is C14H16N2OS. The molecule has 3 nitrogen and oxygen atoms in total. The number of hydrogen-bond donors (Lipinski definition) is 2. The van der Waals surface area contributed by atoms with Gasteiger partial charge in [-0.15, -0.1) is 0 Å². The van der Waals surface area contributed by atoms with E-state index < -0.39 is 0 Å². The normalized spacial score (nSPS) is 19.9.